The summed E-state index contributed by atoms with van der Waals surface area (Å²) in [7, 11) is -4.04. The Kier molecular flexibility index (Phi) is 2.47. The van der Waals surface area contributed by atoms with E-state index in [2.05, 4.69) is 5.73 Å². The molecule has 0 aromatic heterocycles. The molecule has 0 rings (SSSR count). The van der Waals surface area contributed by atoms with Gasteiger partial charge in [0.25, 0.3) is 10.1 Å². The molecule has 0 aromatic carbocycles. The maximum Gasteiger partial charge on any atom is 0.268 e. The minimum atomic E-state index is -4.04. The summed E-state index contributed by atoms with van der Waals surface area (Å²) in [4.78, 5) is 0. The Bertz CT molecular complexity index is 200. The molecule has 6 heteroatoms. The fourth-order valence-corrected chi connectivity index (χ4v) is 0.572. The average molecular weight is 153 g/mol. The molecule has 0 saturated carbocycles. The first-order chi connectivity index (χ1) is 3.92. The predicted octanol–water partition coefficient (Wildman–Crippen LogP) is -0.768. The van der Waals surface area contributed by atoms with Crippen molar-refractivity contribution in [3.8, 4) is 0 Å². The van der Waals surface area contributed by atoms with Crippen LogP contribution in [0.3, 0.4) is 0 Å². The minimum absolute atomic E-state index is 0.618. The van der Waals surface area contributed by atoms with Gasteiger partial charge in [-0.3, -0.25) is 4.55 Å². The van der Waals surface area contributed by atoms with Crippen LogP contribution in [0.5, 0.6) is 0 Å². The Morgan fingerprint density at radius 2 is 2.11 bits per heavy atom. The Labute approximate surface area is 52.5 Å². The molecule has 0 aliphatic heterocycles. The van der Waals surface area contributed by atoms with Gasteiger partial charge in [0, 0.05) is 0 Å². The zero-order chi connectivity index (χ0) is 7.49. The van der Waals surface area contributed by atoms with Crippen LogP contribution < -0.4 is 5.73 Å². The van der Waals surface area contributed by atoms with Gasteiger partial charge in [-0.1, -0.05) is 0 Å². The highest BCUT2D eigenvalue weighted by molar-refractivity contribution is 7.85. The quantitative estimate of drug-likeness (QED) is 0.357. The maximum atomic E-state index is 9.88. The molecule has 0 atom stereocenters. The van der Waals surface area contributed by atoms with Gasteiger partial charge in [-0.2, -0.15) is 8.42 Å². The smallest absolute Gasteiger partial charge is 0.268 e. The third kappa shape index (κ3) is 7.25. The molecule has 0 amide bonds. The van der Waals surface area contributed by atoms with E-state index in [4.69, 9.17) is 9.66 Å². The van der Waals surface area contributed by atoms with Gasteiger partial charge in [-0.05, 0) is 6.08 Å². The summed E-state index contributed by atoms with van der Waals surface area (Å²) in [5, 5.41) is 8.18. The van der Waals surface area contributed by atoms with Crippen molar-refractivity contribution in [3.63, 3.8) is 0 Å². The standard InChI is InChI=1S/C3H7NO4S/c4-3(5)1-2-9(6,7)8/h1,5H,2,4H2,(H,6,7,8). The van der Waals surface area contributed by atoms with Gasteiger partial charge < -0.3 is 10.8 Å². The molecule has 0 bridgehead atoms. The second-order valence-corrected chi connectivity index (χ2v) is 2.87. The molecule has 9 heavy (non-hydrogen) atoms. The van der Waals surface area contributed by atoms with Crippen LogP contribution in [-0.4, -0.2) is 23.8 Å². The Morgan fingerprint density at radius 3 is 2.22 bits per heavy atom. The molecule has 0 spiro atoms. The third-order valence-electron chi connectivity index (χ3n) is 0.503. The van der Waals surface area contributed by atoms with E-state index < -0.39 is 21.8 Å². The second-order valence-electron chi connectivity index (χ2n) is 1.38. The molecule has 0 radical (unpaired) electrons. The highest BCUT2D eigenvalue weighted by atomic mass is 32.2. The molecule has 0 unspecified atom stereocenters. The van der Waals surface area contributed by atoms with Gasteiger partial charge in [0.1, 0.15) is 0 Å². The molecule has 54 valence electrons. The van der Waals surface area contributed by atoms with Crippen molar-refractivity contribution in [2.75, 3.05) is 5.75 Å². The van der Waals surface area contributed by atoms with Crippen molar-refractivity contribution in [2.24, 2.45) is 5.73 Å². The van der Waals surface area contributed by atoms with Gasteiger partial charge in [0.2, 0.25) is 0 Å². The van der Waals surface area contributed by atoms with Gasteiger partial charge in [-0.15, -0.1) is 0 Å². The van der Waals surface area contributed by atoms with Crippen LogP contribution in [0.1, 0.15) is 0 Å². The van der Waals surface area contributed by atoms with Gasteiger partial charge in [0.05, 0.1) is 5.75 Å². The van der Waals surface area contributed by atoms with Crippen LogP contribution in [0.15, 0.2) is 12.0 Å². The van der Waals surface area contributed by atoms with Gasteiger partial charge in [-0.25, -0.2) is 0 Å². The molecule has 0 heterocycles. The van der Waals surface area contributed by atoms with Crippen LogP contribution >= 0.6 is 0 Å². The van der Waals surface area contributed by atoms with E-state index in [9.17, 15) is 8.42 Å². The van der Waals surface area contributed by atoms with Crippen molar-refractivity contribution in [1.82, 2.24) is 0 Å². The number of rotatable bonds is 2. The summed E-state index contributed by atoms with van der Waals surface area (Å²) in [5.41, 5.74) is 4.64. The van der Waals surface area contributed by atoms with Crippen LogP contribution in [0.25, 0.3) is 0 Å². The van der Waals surface area contributed by atoms with E-state index in [1.165, 1.54) is 0 Å². The number of aliphatic hydroxyl groups excluding tert-OH is 1. The first-order valence-electron chi connectivity index (χ1n) is 2.01. The van der Waals surface area contributed by atoms with Crippen molar-refractivity contribution in [2.45, 2.75) is 0 Å². The number of hydrogen-bond acceptors (Lipinski definition) is 4. The van der Waals surface area contributed by atoms with Crippen molar-refractivity contribution >= 4 is 10.1 Å². The van der Waals surface area contributed by atoms with Crippen LogP contribution in [0.2, 0.25) is 0 Å². The molecular weight excluding hydrogens is 146 g/mol. The number of nitrogens with two attached hydrogens (primary N) is 1. The third-order valence-corrected chi connectivity index (χ3v) is 1.09. The molecule has 0 fully saturated rings. The SMILES string of the molecule is NC(O)=CCS(=O)(=O)O. The monoisotopic (exact) mass is 153 g/mol. The second kappa shape index (κ2) is 2.70. The Balaban J connectivity index is 3.95. The van der Waals surface area contributed by atoms with E-state index in [0.717, 1.165) is 6.08 Å². The van der Waals surface area contributed by atoms with E-state index in [0.29, 0.717) is 0 Å². The fourth-order valence-electron chi connectivity index (χ4n) is 0.191. The van der Waals surface area contributed by atoms with Crippen LogP contribution in [0.4, 0.5) is 0 Å². The first kappa shape index (κ1) is 8.25. The topological polar surface area (TPSA) is 101 Å². The van der Waals surface area contributed by atoms with Crippen molar-refractivity contribution in [3.05, 3.63) is 12.0 Å². The number of aliphatic hydroxyl groups is 1. The largest absolute Gasteiger partial charge is 0.495 e. The summed E-state index contributed by atoms with van der Waals surface area (Å²) < 4.78 is 27.8. The molecule has 0 aromatic rings. The Morgan fingerprint density at radius 1 is 1.67 bits per heavy atom. The summed E-state index contributed by atoms with van der Waals surface area (Å²) in [6.07, 6.45) is 0.787. The molecular formula is C3H7NO4S. The lowest BCUT2D eigenvalue weighted by molar-refractivity contribution is 0.403. The highest BCUT2D eigenvalue weighted by Crippen LogP contribution is 1.83. The van der Waals surface area contributed by atoms with Crippen LogP contribution in [-0.2, 0) is 10.1 Å². The maximum absolute atomic E-state index is 9.88. The zero-order valence-corrected chi connectivity index (χ0v) is 5.30. The first-order valence-corrected chi connectivity index (χ1v) is 3.62. The molecule has 0 aliphatic carbocycles. The summed E-state index contributed by atoms with van der Waals surface area (Å²) >= 11 is 0. The van der Waals surface area contributed by atoms with E-state index in [1.54, 1.807) is 0 Å². The minimum Gasteiger partial charge on any atom is -0.495 e. The van der Waals surface area contributed by atoms with Gasteiger partial charge in [0.15, 0.2) is 5.88 Å². The van der Waals surface area contributed by atoms with E-state index >= 15 is 0 Å². The lowest BCUT2D eigenvalue weighted by Crippen LogP contribution is -2.04. The van der Waals surface area contributed by atoms with E-state index in [-0.39, 0.29) is 0 Å². The Hall–Kier alpha value is -0.750. The summed E-state index contributed by atoms with van der Waals surface area (Å²) in [6, 6.07) is 0. The van der Waals surface area contributed by atoms with Gasteiger partial charge >= 0.3 is 0 Å². The van der Waals surface area contributed by atoms with Crippen molar-refractivity contribution < 1.29 is 18.1 Å². The van der Waals surface area contributed by atoms with Crippen molar-refractivity contribution in [1.29, 1.82) is 0 Å². The molecule has 5 nitrogen and oxygen atoms in total. The molecule has 0 saturated heterocycles. The lowest BCUT2D eigenvalue weighted by Gasteiger charge is -1.88. The fraction of sp³-hybridized carbons (Fsp3) is 0.333. The lowest BCUT2D eigenvalue weighted by atomic mass is 10.7. The summed E-state index contributed by atoms with van der Waals surface area (Å²) in [5.74, 6) is -1.28. The number of hydrogen-bond donors (Lipinski definition) is 3. The molecule has 4 N–H and O–H groups in total. The normalized spacial score (nSPS) is 13.7. The predicted molar refractivity (Wildman–Crippen MR) is 31.3 cm³/mol. The van der Waals surface area contributed by atoms with E-state index in [1.807, 2.05) is 0 Å². The van der Waals surface area contributed by atoms with Crippen LogP contribution in [0, 0.1) is 0 Å². The highest BCUT2D eigenvalue weighted by Gasteiger charge is 1.99. The molecule has 0 aliphatic rings. The summed E-state index contributed by atoms with van der Waals surface area (Å²) in [6.45, 7) is 0. The zero-order valence-electron chi connectivity index (χ0n) is 4.48. The average Bonchev–Trinajstić information content (AvgIpc) is 1.59.